The van der Waals surface area contributed by atoms with Crippen molar-refractivity contribution >= 4 is 5.97 Å². The van der Waals surface area contributed by atoms with Crippen molar-refractivity contribution in [2.75, 3.05) is 13.2 Å². The molecule has 1 aliphatic heterocycles. The van der Waals surface area contributed by atoms with Gasteiger partial charge in [-0.2, -0.15) is 0 Å². The van der Waals surface area contributed by atoms with Crippen LogP contribution in [0.5, 0.6) is 11.5 Å². The zero-order valence-electron chi connectivity index (χ0n) is 11.7. The molecule has 1 heterocycles. The first-order valence-corrected chi connectivity index (χ1v) is 6.89. The normalized spacial score (nSPS) is 14.3. The van der Waals surface area contributed by atoms with Crippen LogP contribution < -0.4 is 9.47 Å². The van der Waals surface area contributed by atoms with Gasteiger partial charge in [0.2, 0.25) is 0 Å². The second kappa shape index (κ2) is 5.87. The largest absolute Gasteiger partial charge is 0.486 e. The van der Waals surface area contributed by atoms with Gasteiger partial charge < -0.3 is 14.2 Å². The average molecular weight is 284 g/mol. The summed E-state index contributed by atoms with van der Waals surface area (Å²) in [5, 5.41) is 0. The number of fused-ring (bicyclic) bond motifs is 1. The van der Waals surface area contributed by atoms with Crippen LogP contribution in [0.4, 0.5) is 0 Å². The van der Waals surface area contributed by atoms with E-state index in [0.29, 0.717) is 30.3 Å². The molecule has 21 heavy (non-hydrogen) atoms. The molecule has 0 aliphatic carbocycles. The monoisotopic (exact) mass is 284 g/mol. The number of ether oxygens (including phenoxy) is 3. The van der Waals surface area contributed by atoms with E-state index in [4.69, 9.17) is 14.2 Å². The molecule has 0 bridgehead atoms. The van der Waals surface area contributed by atoms with Gasteiger partial charge in [-0.05, 0) is 30.7 Å². The molecule has 1 atom stereocenters. The minimum atomic E-state index is -0.372. The number of hydrogen-bond donors (Lipinski definition) is 0. The Balaban J connectivity index is 1.73. The van der Waals surface area contributed by atoms with E-state index in [9.17, 15) is 4.79 Å². The van der Waals surface area contributed by atoms with Gasteiger partial charge >= 0.3 is 5.97 Å². The molecule has 3 rings (SSSR count). The van der Waals surface area contributed by atoms with Crippen molar-refractivity contribution in [2.45, 2.75) is 13.0 Å². The summed E-state index contributed by atoms with van der Waals surface area (Å²) < 4.78 is 16.4. The molecule has 0 amide bonds. The van der Waals surface area contributed by atoms with Gasteiger partial charge in [-0.3, -0.25) is 0 Å². The first kappa shape index (κ1) is 13.5. The highest BCUT2D eigenvalue weighted by Crippen LogP contribution is 2.31. The van der Waals surface area contributed by atoms with Crippen LogP contribution in [-0.2, 0) is 4.74 Å². The Morgan fingerprint density at radius 1 is 1.05 bits per heavy atom. The van der Waals surface area contributed by atoms with Gasteiger partial charge in [0, 0.05) is 0 Å². The summed E-state index contributed by atoms with van der Waals surface area (Å²) in [5.74, 6) is 0.875. The van der Waals surface area contributed by atoms with Crippen LogP contribution in [0.1, 0.15) is 28.9 Å². The Kier molecular flexibility index (Phi) is 3.77. The molecule has 108 valence electrons. The standard InChI is InChI=1S/C17H16O4/c1-12(13-5-3-2-4-6-13)21-17(18)14-7-8-15-16(11-14)20-10-9-19-15/h2-8,11-12H,9-10H2,1H3/t12-/m1/s1. The third-order valence-corrected chi connectivity index (χ3v) is 3.33. The van der Waals surface area contributed by atoms with Crippen LogP contribution in [-0.4, -0.2) is 19.2 Å². The van der Waals surface area contributed by atoms with Crippen molar-refractivity contribution < 1.29 is 19.0 Å². The minimum absolute atomic E-state index is 0.299. The lowest BCUT2D eigenvalue weighted by atomic mass is 10.1. The van der Waals surface area contributed by atoms with Gasteiger partial charge in [0.1, 0.15) is 19.3 Å². The van der Waals surface area contributed by atoms with E-state index in [-0.39, 0.29) is 12.1 Å². The van der Waals surface area contributed by atoms with Crippen LogP contribution in [0.2, 0.25) is 0 Å². The Morgan fingerprint density at radius 3 is 2.52 bits per heavy atom. The molecule has 0 aromatic heterocycles. The molecule has 0 radical (unpaired) electrons. The van der Waals surface area contributed by atoms with E-state index < -0.39 is 0 Å². The Morgan fingerprint density at radius 2 is 1.76 bits per heavy atom. The molecule has 0 saturated heterocycles. The number of carbonyl (C=O) groups excluding carboxylic acids is 1. The third kappa shape index (κ3) is 2.99. The van der Waals surface area contributed by atoms with Crippen molar-refractivity contribution in [3.8, 4) is 11.5 Å². The predicted molar refractivity (Wildman–Crippen MR) is 77.7 cm³/mol. The van der Waals surface area contributed by atoms with E-state index in [1.54, 1.807) is 18.2 Å². The first-order chi connectivity index (χ1) is 10.2. The predicted octanol–water partition coefficient (Wildman–Crippen LogP) is 3.38. The second-order valence-corrected chi connectivity index (χ2v) is 4.82. The fraction of sp³-hybridized carbons (Fsp3) is 0.235. The molecular formula is C17H16O4. The lowest BCUT2D eigenvalue weighted by molar-refractivity contribution is 0.0337. The Hall–Kier alpha value is -2.49. The zero-order chi connectivity index (χ0) is 14.7. The molecule has 0 fully saturated rings. The van der Waals surface area contributed by atoms with Crippen LogP contribution in [0.15, 0.2) is 48.5 Å². The van der Waals surface area contributed by atoms with Crippen molar-refractivity contribution in [3.63, 3.8) is 0 Å². The molecule has 0 saturated carbocycles. The quantitative estimate of drug-likeness (QED) is 0.811. The highest BCUT2D eigenvalue weighted by molar-refractivity contribution is 5.90. The third-order valence-electron chi connectivity index (χ3n) is 3.33. The van der Waals surface area contributed by atoms with Crippen molar-refractivity contribution in [1.82, 2.24) is 0 Å². The molecule has 1 aliphatic rings. The highest BCUT2D eigenvalue weighted by Gasteiger charge is 2.18. The van der Waals surface area contributed by atoms with E-state index in [1.165, 1.54) is 0 Å². The summed E-state index contributed by atoms with van der Waals surface area (Å²) >= 11 is 0. The van der Waals surface area contributed by atoms with E-state index >= 15 is 0 Å². The summed E-state index contributed by atoms with van der Waals surface area (Å²) in [6.45, 7) is 2.87. The first-order valence-electron chi connectivity index (χ1n) is 6.89. The lowest BCUT2D eigenvalue weighted by Crippen LogP contribution is -2.16. The van der Waals surface area contributed by atoms with Crippen LogP contribution >= 0.6 is 0 Å². The molecule has 0 spiro atoms. The SMILES string of the molecule is C[C@@H](OC(=O)c1ccc2c(c1)OCCO2)c1ccccc1. The molecule has 2 aromatic carbocycles. The topological polar surface area (TPSA) is 44.8 Å². The van der Waals surface area contributed by atoms with Crippen molar-refractivity contribution in [3.05, 3.63) is 59.7 Å². The van der Waals surface area contributed by atoms with Crippen molar-refractivity contribution in [2.24, 2.45) is 0 Å². The molecule has 4 nitrogen and oxygen atoms in total. The molecular weight excluding hydrogens is 268 g/mol. The second-order valence-electron chi connectivity index (χ2n) is 4.82. The van der Waals surface area contributed by atoms with Crippen molar-refractivity contribution in [1.29, 1.82) is 0 Å². The van der Waals surface area contributed by atoms with E-state index in [0.717, 1.165) is 5.56 Å². The van der Waals surface area contributed by atoms with Gasteiger partial charge in [-0.25, -0.2) is 4.79 Å². The highest BCUT2D eigenvalue weighted by atomic mass is 16.6. The smallest absolute Gasteiger partial charge is 0.338 e. The maximum Gasteiger partial charge on any atom is 0.338 e. The molecule has 2 aromatic rings. The van der Waals surface area contributed by atoms with E-state index in [2.05, 4.69) is 0 Å². The summed E-state index contributed by atoms with van der Waals surface area (Å²) in [5.41, 5.74) is 1.42. The maximum atomic E-state index is 12.2. The van der Waals surface area contributed by atoms with Gasteiger partial charge in [0.05, 0.1) is 5.56 Å². The maximum absolute atomic E-state index is 12.2. The van der Waals surface area contributed by atoms with Gasteiger partial charge in [0.25, 0.3) is 0 Å². The van der Waals surface area contributed by atoms with E-state index in [1.807, 2.05) is 37.3 Å². The minimum Gasteiger partial charge on any atom is -0.486 e. The summed E-state index contributed by atoms with van der Waals surface area (Å²) in [4.78, 5) is 12.2. The van der Waals surface area contributed by atoms with Crippen LogP contribution in [0, 0.1) is 0 Å². The zero-order valence-corrected chi connectivity index (χ0v) is 11.7. The molecule has 0 N–H and O–H groups in total. The average Bonchev–Trinajstić information content (AvgIpc) is 2.55. The lowest BCUT2D eigenvalue weighted by Gasteiger charge is -2.19. The summed E-state index contributed by atoms with van der Waals surface area (Å²) in [6.07, 6.45) is -0.299. The Bertz CT molecular complexity index is 636. The number of benzene rings is 2. The molecule has 4 heteroatoms. The van der Waals surface area contributed by atoms with Gasteiger partial charge in [-0.1, -0.05) is 30.3 Å². The fourth-order valence-electron chi connectivity index (χ4n) is 2.19. The summed E-state index contributed by atoms with van der Waals surface area (Å²) in [7, 11) is 0. The number of carbonyl (C=O) groups is 1. The van der Waals surface area contributed by atoms with Crippen LogP contribution in [0.3, 0.4) is 0 Å². The summed E-state index contributed by atoms with van der Waals surface area (Å²) in [6, 6.07) is 14.7. The number of esters is 1. The van der Waals surface area contributed by atoms with Gasteiger partial charge in [-0.15, -0.1) is 0 Å². The number of hydrogen-bond acceptors (Lipinski definition) is 4. The number of rotatable bonds is 3. The Labute approximate surface area is 123 Å². The van der Waals surface area contributed by atoms with Gasteiger partial charge in [0.15, 0.2) is 11.5 Å². The fourth-order valence-corrected chi connectivity index (χ4v) is 2.19. The van der Waals surface area contributed by atoms with Crippen LogP contribution in [0.25, 0.3) is 0 Å². The molecule has 0 unspecified atom stereocenters.